The summed E-state index contributed by atoms with van der Waals surface area (Å²) in [4.78, 5) is 18.0. The number of nitrogens with one attached hydrogen (secondary N) is 1. The molecule has 1 amide bonds. The van der Waals surface area contributed by atoms with Crippen LogP contribution < -0.4 is 5.32 Å². The zero-order valence-electron chi connectivity index (χ0n) is 14.2. The Morgan fingerprint density at radius 2 is 1.84 bits per heavy atom. The molecule has 1 aromatic heterocycles. The molecule has 1 N–H and O–H groups in total. The molecule has 0 saturated carbocycles. The maximum Gasteiger partial charge on any atom is 0.226 e. The van der Waals surface area contributed by atoms with Gasteiger partial charge >= 0.3 is 0 Å². The van der Waals surface area contributed by atoms with E-state index in [1.165, 1.54) is 5.56 Å². The molecule has 0 radical (unpaired) electrons. The summed E-state index contributed by atoms with van der Waals surface area (Å²) in [5.41, 5.74) is 4.19. The van der Waals surface area contributed by atoms with Crippen LogP contribution in [0.2, 0.25) is 0 Å². The summed E-state index contributed by atoms with van der Waals surface area (Å²) in [6.45, 7) is 6.16. The molecule has 0 fully saturated rings. The highest BCUT2D eigenvalue weighted by molar-refractivity contribution is 7.18. The Kier molecular flexibility index (Phi) is 5.41. The highest BCUT2D eigenvalue weighted by atomic mass is 32.1. The van der Waals surface area contributed by atoms with Gasteiger partial charge in [-0.25, -0.2) is 4.98 Å². The van der Waals surface area contributed by atoms with Crippen LogP contribution in [0.1, 0.15) is 11.3 Å². The largest absolute Gasteiger partial charge is 0.352 e. The molecule has 0 aliphatic carbocycles. The molecular weight excluding hydrogens is 328 g/mol. The van der Waals surface area contributed by atoms with Gasteiger partial charge in [0.25, 0.3) is 0 Å². The van der Waals surface area contributed by atoms with E-state index < -0.39 is 0 Å². The van der Waals surface area contributed by atoms with Crippen molar-refractivity contribution in [1.82, 2.24) is 10.3 Å². The van der Waals surface area contributed by atoms with Gasteiger partial charge in [0.2, 0.25) is 5.91 Å². The van der Waals surface area contributed by atoms with Gasteiger partial charge < -0.3 is 5.32 Å². The smallest absolute Gasteiger partial charge is 0.226 e. The Morgan fingerprint density at radius 3 is 2.52 bits per heavy atom. The van der Waals surface area contributed by atoms with Gasteiger partial charge in [-0.2, -0.15) is 0 Å². The third-order valence-electron chi connectivity index (χ3n) is 3.80. The molecule has 25 heavy (non-hydrogen) atoms. The highest BCUT2D eigenvalue weighted by Crippen LogP contribution is 2.35. The molecule has 0 saturated heterocycles. The first kappa shape index (κ1) is 17.1. The Balaban J connectivity index is 1.98. The van der Waals surface area contributed by atoms with Crippen molar-refractivity contribution < 1.29 is 4.79 Å². The molecule has 0 unspecified atom stereocenters. The van der Waals surface area contributed by atoms with E-state index in [9.17, 15) is 4.79 Å². The normalized spacial score (nSPS) is 10.4. The van der Waals surface area contributed by atoms with Crippen molar-refractivity contribution in [2.75, 3.05) is 6.54 Å². The van der Waals surface area contributed by atoms with E-state index in [0.29, 0.717) is 6.54 Å². The van der Waals surface area contributed by atoms with Crippen LogP contribution >= 0.6 is 11.3 Å². The Labute approximate surface area is 152 Å². The van der Waals surface area contributed by atoms with E-state index >= 15 is 0 Å². The van der Waals surface area contributed by atoms with Gasteiger partial charge in [0.05, 0.1) is 17.0 Å². The van der Waals surface area contributed by atoms with Gasteiger partial charge in [-0.15, -0.1) is 17.9 Å². The quantitative estimate of drug-likeness (QED) is 0.660. The number of aromatic nitrogens is 1. The Morgan fingerprint density at radius 1 is 1.12 bits per heavy atom. The monoisotopic (exact) mass is 348 g/mol. The fourth-order valence-electron chi connectivity index (χ4n) is 2.51. The Hall–Kier alpha value is -2.72. The molecule has 3 rings (SSSR count). The summed E-state index contributed by atoms with van der Waals surface area (Å²) in [7, 11) is 0. The predicted octanol–water partition coefficient (Wildman–Crippen LogP) is 4.63. The summed E-state index contributed by atoms with van der Waals surface area (Å²) in [6.07, 6.45) is 1.94. The van der Waals surface area contributed by atoms with Gasteiger partial charge in [-0.05, 0) is 12.5 Å². The maximum atomic E-state index is 12.2. The number of amides is 1. The number of nitrogens with zero attached hydrogens (tertiary/aromatic N) is 1. The minimum absolute atomic E-state index is 0.0434. The van der Waals surface area contributed by atoms with Crippen LogP contribution in [0.4, 0.5) is 0 Å². The van der Waals surface area contributed by atoms with Crippen molar-refractivity contribution in [1.29, 1.82) is 0 Å². The van der Waals surface area contributed by atoms with Crippen LogP contribution in [0.25, 0.3) is 21.0 Å². The van der Waals surface area contributed by atoms with Gasteiger partial charge in [0, 0.05) is 12.1 Å². The molecule has 0 atom stereocenters. The maximum absolute atomic E-state index is 12.2. The molecule has 3 aromatic rings. The van der Waals surface area contributed by atoms with Crippen LogP contribution in [0.15, 0.2) is 67.3 Å². The summed E-state index contributed by atoms with van der Waals surface area (Å²) in [5, 5.41) is 3.76. The van der Waals surface area contributed by atoms with Crippen molar-refractivity contribution in [3.63, 3.8) is 0 Å². The second-order valence-corrected chi connectivity index (χ2v) is 6.80. The number of hydrogen-bond donors (Lipinski definition) is 1. The lowest BCUT2D eigenvalue weighted by atomic mass is 10.1. The molecule has 126 valence electrons. The fourth-order valence-corrected chi connectivity index (χ4v) is 3.60. The molecule has 2 aromatic carbocycles. The van der Waals surface area contributed by atoms with E-state index in [2.05, 4.69) is 43.1 Å². The topological polar surface area (TPSA) is 42.0 Å². The Bertz CT molecular complexity index is 867. The van der Waals surface area contributed by atoms with Crippen LogP contribution in [-0.4, -0.2) is 17.4 Å². The summed E-state index contributed by atoms with van der Waals surface area (Å²) < 4.78 is 0. The van der Waals surface area contributed by atoms with Crippen molar-refractivity contribution in [3.05, 3.63) is 78.5 Å². The number of carbonyl (C=O) groups is 1. The van der Waals surface area contributed by atoms with Gasteiger partial charge in [-0.3, -0.25) is 4.79 Å². The summed E-state index contributed by atoms with van der Waals surface area (Å²) in [6, 6.07) is 18.4. The van der Waals surface area contributed by atoms with Gasteiger partial charge in [0.15, 0.2) is 0 Å². The standard InChI is InChI=1S/C21H20N2OS/c1-3-13-22-19(24)14-18-20(16-11-9-15(2)10-12-16)25-21(23-18)17-7-5-4-6-8-17/h3-12H,1,13-14H2,2H3,(H,22,24). The van der Waals surface area contributed by atoms with Crippen LogP contribution in [0.5, 0.6) is 0 Å². The summed E-state index contributed by atoms with van der Waals surface area (Å²) >= 11 is 1.63. The van der Waals surface area contributed by atoms with Crippen LogP contribution in [-0.2, 0) is 11.2 Å². The van der Waals surface area contributed by atoms with Gasteiger partial charge in [-0.1, -0.05) is 66.2 Å². The zero-order chi connectivity index (χ0) is 17.6. The number of carbonyl (C=O) groups excluding carboxylic acids is 1. The van der Waals surface area contributed by atoms with Gasteiger partial charge in [0.1, 0.15) is 5.01 Å². The number of rotatable bonds is 6. The minimum Gasteiger partial charge on any atom is -0.352 e. The second-order valence-electron chi connectivity index (χ2n) is 5.80. The molecule has 1 heterocycles. The first-order valence-electron chi connectivity index (χ1n) is 8.17. The molecule has 0 aliphatic rings. The SMILES string of the molecule is C=CCNC(=O)Cc1nc(-c2ccccc2)sc1-c1ccc(C)cc1. The lowest BCUT2D eigenvalue weighted by Crippen LogP contribution is -2.25. The first-order chi connectivity index (χ1) is 12.2. The molecule has 0 aliphatic heterocycles. The number of aryl methyl sites for hydroxylation is 1. The molecule has 4 heteroatoms. The number of benzene rings is 2. The van der Waals surface area contributed by atoms with Crippen LogP contribution in [0, 0.1) is 6.92 Å². The lowest BCUT2D eigenvalue weighted by Gasteiger charge is -2.04. The van der Waals surface area contributed by atoms with Crippen molar-refractivity contribution in [2.24, 2.45) is 0 Å². The molecule has 3 nitrogen and oxygen atoms in total. The second kappa shape index (κ2) is 7.90. The molecule has 0 spiro atoms. The van der Waals surface area contributed by atoms with Crippen LogP contribution in [0.3, 0.4) is 0 Å². The first-order valence-corrected chi connectivity index (χ1v) is 8.99. The summed E-state index contributed by atoms with van der Waals surface area (Å²) in [5.74, 6) is -0.0434. The van der Waals surface area contributed by atoms with Crippen molar-refractivity contribution in [2.45, 2.75) is 13.3 Å². The predicted molar refractivity (Wildman–Crippen MR) is 105 cm³/mol. The van der Waals surface area contributed by atoms with Crippen molar-refractivity contribution >= 4 is 17.2 Å². The van der Waals surface area contributed by atoms with E-state index in [0.717, 1.165) is 26.7 Å². The average Bonchev–Trinajstić information content (AvgIpc) is 3.05. The average molecular weight is 348 g/mol. The number of hydrogen-bond acceptors (Lipinski definition) is 3. The van der Waals surface area contributed by atoms with E-state index in [1.807, 2.05) is 30.3 Å². The number of thiazole rings is 1. The van der Waals surface area contributed by atoms with Crippen molar-refractivity contribution in [3.8, 4) is 21.0 Å². The third kappa shape index (κ3) is 4.22. The minimum atomic E-state index is -0.0434. The fraction of sp³-hybridized carbons (Fsp3) is 0.143. The van der Waals surface area contributed by atoms with E-state index in [1.54, 1.807) is 17.4 Å². The zero-order valence-corrected chi connectivity index (χ0v) is 15.0. The van der Waals surface area contributed by atoms with E-state index in [-0.39, 0.29) is 12.3 Å². The lowest BCUT2D eigenvalue weighted by molar-refractivity contribution is -0.120. The molecular formula is C21H20N2OS. The molecule has 0 bridgehead atoms. The third-order valence-corrected chi connectivity index (χ3v) is 5.00. The van der Waals surface area contributed by atoms with E-state index in [4.69, 9.17) is 4.98 Å². The highest BCUT2D eigenvalue weighted by Gasteiger charge is 2.16.